The largest absolute Gasteiger partial charge is 0.329 e. The summed E-state index contributed by atoms with van der Waals surface area (Å²) in [7, 11) is 0. The average molecular weight is 387 g/mol. The van der Waals surface area contributed by atoms with Crippen LogP contribution in [0.25, 0.3) is 0 Å². The van der Waals surface area contributed by atoms with Crippen LogP contribution in [-0.2, 0) is 31.1 Å². The highest BCUT2D eigenvalue weighted by atomic mass is 32.2. The molecule has 0 fully saturated rings. The molecule has 0 saturated carbocycles. The summed E-state index contributed by atoms with van der Waals surface area (Å²) in [6, 6.07) is 6.52. The molecular weight excluding hydrogens is 360 g/mol. The predicted molar refractivity (Wildman–Crippen MR) is 112 cm³/mol. The van der Waals surface area contributed by atoms with Crippen LogP contribution in [0, 0.1) is 0 Å². The van der Waals surface area contributed by atoms with E-state index in [4.69, 9.17) is 0 Å². The van der Waals surface area contributed by atoms with Crippen LogP contribution in [0.4, 0.5) is 10.5 Å². The molecular formula is C21H26N2OS2. The first-order chi connectivity index (χ1) is 12.4. The van der Waals surface area contributed by atoms with Crippen molar-refractivity contribution in [3.05, 3.63) is 45.3 Å². The van der Waals surface area contributed by atoms with Gasteiger partial charge in [0.2, 0.25) is 0 Å². The zero-order chi connectivity index (χ0) is 18.3. The minimum Gasteiger partial charge on any atom is -0.307 e. The summed E-state index contributed by atoms with van der Waals surface area (Å²) < 4.78 is 4.09. The van der Waals surface area contributed by atoms with E-state index in [1.165, 1.54) is 51.9 Å². The second kappa shape index (κ2) is 6.93. The number of fused-ring (bicyclic) bond motifs is 2. The molecule has 138 valence electrons. The standard InChI is InChI=1S/C21H26N2OS2/c1-21(2,3)17-10-11-18(25-17)26-23-20(24)22-19-15-8-4-6-13(15)12-14-7-5-9-16(14)19/h10-12H,4-9H2,1-3H3,(H2,22,23,24). The first kappa shape index (κ1) is 17.9. The zero-order valence-corrected chi connectivity index (χ0v) is 17.3. The van der Waals surface area contributed by atoms with Gasteiger partial charge in [0.05, 0.1) is 4.21 Å². The van der Waals surface area contributed by atoms with E-state index in [-0.39, 0.29) is 11.4 Å². The van der Waals surface area contributed by atoms with Gasteiger partial charge in [0.15, 0.2) is 0 Å². The molecule has 4 rings (SSSR count). The van der Waals surface area contributed by atoms with Crippen molar-refractivity contribution in [3.8, 4) is 0 Å². The van der Waals surface area contributed by atoms with Crippen molar-refractivity contribution in [2.45, 2.75) is 68.9 Å². The molecule has 0 saturated heterocycles. The Bertz CT molecular complexity index is 816. The van der Waals surface area contributed by atoms with Gasteiger partial charge in [-0.25, -0.2) is 4.79 Å². The van der Waals surface area contributed by atoms with Gasteiger partial charge < -0.3 is 5.32 Å². The Morgan fingerprint density at radius 2 is 1.69 bits per heavy atom. The van der Waals surface area contributed by atoms with E-state index in [9.17, 15) is 4.79 Å². The van der Waals surface area contributed by atoms with E-state index >= 15 is 0 Å². The molecule has 0 atom stereocenters. The molecule has 0 radical (unpaired) electrons. The maximum absolute atomic E-state index is 12.6. The molecule has 1 aromatic heterocycles. The normalized spacial score (nSPS) is 15.7. The SMILES string of the molecule is CC(C)(C)c1ccc(SNC(=O)Nc2c3c(cc4c2CCC4)CCC3)s1. The summed E-state index contributed by atoms with van der Waals surface area (Å²) in [5.74, 6) is 0. The Morgan fingerprint density at radius 3 is 2.27 bits per heavy atom. The zero-order valence-electron chi connectivity index (χ0n) is 15.7. The fourth-order valence-electron chi connectivity index (χ4n) is 3.98. The maximum Gasteiger partial charge on any atom is 0.329 e. The molecule has 2 aliphatic carbocycles. The fraction of sp³-hybridized carbons (Fsp3) is 0.476. The molecule has 2 aromatic rings. The summed E-state index contributed by atoms with van der Waals surface area (Å²) >= 11 is 3.16. The predicted octanol–water partition coefficient (Wildman–Crippen LogP) is 5.85. The molecule has 0 bridgehead atoms. The van der Waals surface area contributed by atoms with Crippen molar-refractivity contribution in [1.82, 2.24) is 4.72 Å². The lowest BCUT2D eigenvalue weighted by atomic mass is 9.95. The number of rotatable bonds is 3. The molecule has 1 aromatic carbocycles. The Morgan fingerprint density at radius 1 is 1.04 bits per heavy atom. The molecule has 0 aliphatic heterocycles. The smallest absolute Gasteiger partial charge is 0.307 e. The molecule has 3 nitrogen and oxygen atoms in total. The lowest BCUT2D eigenvalue weighted by Crippen LogP contribution is -2.24. The fourth-order valence-corrected chi connectivity index (χ4v) is 5.72. The molecule has 2 aliphatic rings. The number of carbonyl (C=O) groups is 1. The quantitative estimate of drug-likeness (QED) is 0.650. The number of anilines is 1. The van der Waals surface area contributed by atoms with Gasteiger partial charge in [-0.3, -0.25) is 4.72 Å². The van der Waals surface area contributed by atoms with Crippen molar-refractivity contribution < 1.29 is 4.79 Å². The summed E-state index contributed by atoms with van der Waals surface area (Å²) in [4.78, 5) is 13.9. The van der Waals surface area contributed by atoms with Gasteiger partial charge in [-0.05, 0) is 90.3 Å². The van der Waals surface area contributed by atoms with Gasteiger partial charge >= 0.3 is 6.03 Å². The van der Waals surface area contributed by atoms with Gasteiger partial charge in [-0.1, -0.05) is 26.8 Å². The minimum absolute atomic E-state index is 0.116. The van der Waals surface area contributed by atoms with Gasteiger partial charge in [-0.15, -0.1) is 11.3 Å². The average Bonchev–Trinajstić information content (AvgIpc) is 3.31. The topological polar surface area (TPSA) is 41.1 Å². The minimum atomic E-state index is -0.116. The third kappa shape index (κ3) is 3.52. The Labute approximate surface area is 164 Å². The van der Waals surface area contributed by atoms with E-state index in [2.05, 4.69) is 49.0 Å². The number of hydrogen-bond acceptors (Lipinski definition) is 3. The second-order valence-electron chi connectivity index (χ2n) is 8.26. The molecule has 2 amide bonds. The molecule has 5 heteroatoms. The number of benzene rings is 1. The van der Waals surface area contributed by atoms with Crippen LogP contribution in [0.5, 0.6) is 0 Å². The highest BCUT2D eigenvalue weighted by Gasteiger charge is 2.25. The van der Waals surface area contributed by atoms with Gasteiger partial charge in [0.25, 0.3) is 0 Å². The lowest BCUT2D eigenvalue weighted by Gasteiger charge is -2.16. The van der Waals surface area contributed by atoms with Gasteiger partial charge in [0.1, 0.15) is 0 Å². The third-order valence-electron chi connectivity index (χ3n) is 5.28. The molecule has 1 heterocycles. The van der Waals surface area contributed by atoms with Crippen molar-refractivity contribution in [2.75, 3.05) is 5.32 Å². The Balaban J connectivity index is 1.45. The lowest BCUT2D eigenvalue weighted by molar-refractivity contribution is 0.257. The summed E-state index contributed by atoms with van der Waals surface area (Å²) in [5, 5.41) is 3.18. The Kier molecular flexibility index (Phi) is 4.78. The Hall–Kier alpha value is -1.46. The van der Waals surface area contributed by atoms with Crippen LogP contribution < -0.4 is 10.0 Å². The summed E-state index contributed by atoms with van der Waals surface area (Å²) in [6.45, 7) is 6.64. The van der Waals surface area contributed by atoms with Crippen LogP contribution in [0.3, 0.4) is 0 Å². The number of hydrogen-bond donors (Lipinski definition) is 2. The van der Waals surface area contributed by atoms with Crippen molar-refractivity contribution in [2.24, 2.45) is 0 Å². The van der Waals surface area contributed by atoms with Crippen molar-refractivity contribution >= 4 is 35.0 Å². The molecule has 26 heavy (non-hydrogen) atoms. The van der Waals surface area contributed by atoms with E-state index in [0.29, 0.717) is 0 Å². The van der Waals surface area contributed by atoms with Crippen LogP contribution >= 0.6 is 23.3 Å². The van der Waals surface area contributed by atoms with Crippen LogP contribution in [-0.4, -0.2) is 6.03 Å². The highest BCUT2D eigenvalue weighted by molar-refractivity contribution is 7.99. The molecule has 0 spiro atoms. The number of nitrogens with one attached hydrogen (secondary N) is 2. The van der Waals surface area contributed by atoms with E-state index in [0.717, 1.165) is 35.6 Å². The first-order valence-electron chi connectivity index (χ1n) is 9.42. The number of carbonyl (C=O) groups excluding carboxylic acids is 1. The number of aryl methyl sites for hydroxylation is 2. The number of amides is 2. The van der Waals surface area contributed by atoms with E-state index in [1.807, 2.05) is 0 Å². The van der Waals surface area contributed by atoms with Crippen molar-refractivity contribution in [1.29, 1.82) is 0 Å². The van der Waals surface area contributed by atoms with Crippen LogP contribution in [0.2, 0.25) is 0 Å². The first-order valence-corrected chi connectivity index (χ1v) is 11.1. The van der Waals surface area contributed by atoms with Crippen LogP contribution in [0.15, 0.2) is 22.4 Å². The van der Waals surface area contributed by atoms with Gasteiger partial charge in [-0.2, -0.15) is 0 Å². The monoisotopic (exact) mass is 386 g/mol. The highest BCUT2D eigenvalue weighted by Crippen LogP contribution is 2.39. The molecule has 0 unspecified atom stereocenters. The van der Waals surface area contributed by atoms with Gasteiger partial charge in [0, 0.05) is 10.6 Å². The van der Waals surface area contributed by atoms with Crippen LogP contribution in [0.1, 0.15) is 60.7 Å². The summed E-state index contributed by atoms with van der Waals surface area (Å²) in [6.07, 6.45) is 6.88. The maximum atomic E-state index is 12.6. The van der Waals surface area contributed by atoms with Crippen molar-refractivity contribution in [3.63, 3.8) is 0 Å². The number of urea groups is 1. The van der Waals surface area contributed by atoms with E-state index < -0.39 is 0 Å². The summed E-state index contributed by atoms with van der Waals surface area (Å²) in [5.41, 5.74) is 6.89. The van der Waals surface area contributed by atoms with E-state index in [1.54, 1.807) is 11.3 Å². The number of thiophene rings is 1. The second-order valence-corrected chi connectivity index (χ2v) is 10.5. The third-order valence-corrected chi connectivity index (χ3v) is 7.71. The molecule has 2 N–H and O–H groups in total.